The van der Waals surface area contributed by atoms with Gasteiger partial charge in [0.25, 0.3) is 10.0 Å². The van der Waals surface area contributed by atoms with Crippen LogP contribution in [0.4, 0.5) is 0 Å². The third kappa shape index (κ3) is 7.15. The zero-order valence-electron chi connectivity index (χ0n) is 18.3. The number of hydrogen-bond donors (Lipinski definition) is 0. The zero-order valence-corrected chi connectivity index (χ0v) is 19.1. The maximum atomic E-state index is 12.0. The van der Waals surface area contributed by atoms with Crippen molar-refractivity contribution in [2.45, 2.75) is 38.4 Å². The van der Waals surface area contributed by atoms with Gasteiger partial charge in [-0.2, -0.15) is 0 Å². The molecule has 0 aliphatic heterocycles. The Morgan fingerprint density at radius 1 is 1.10 bits per heavy atom. The Kier molecular flexibility index (Phi) is 9.14. The Morgan fingerprint density at radius 2 is 1.87 bits per heavy atom. The summed E-state index contributed by atoms with van der Waals surface area (Å²) in [7, 11) is -0.859. The molecule has 0 aliphatic carbocycles. The van der Waals surface area contributed by atoms with E-state index >= 15 is 0 Å². The predicted octanol–water partition coefficient (Wildman–Crippen LogP) is 3.86. The van der Waals surface area contributed by atoms with Gasteiger partial charge in [0, 0.05) is 20.2 Å². The lowest BCUT2D eigenvalue weighted by atomic mass is 10.2. The van der Waals surface area contributed by atoms with Gasteiger partial charge in [-0.1, -0.05) is 19.4 Å². The first-order chi connectivity index (χ1) is 14.8. The summed E-state index contributed by atoms with van der Waals surface area (Å²) >= 11 is 0. The second-order valence-electron chi connectivity index (χ2n) is 6.79. The van der Waals surface area contributed by atoms with Gasteiger partial charge in [0.2, 0.25) is 5.09 Å². The van der Waals surface area contributed by atoms with Gasteiger partial charge in [-0.05, 0) is 49.2 Å². The van der Waals surface area contributed by atoms with Crippen molar-refractivity contribution in [3.63, 3.8) is 0 Å². The largest absolute Gasteiger partial charge is 0.490 e. The normalized spacial score (nSPS) is 11.8. The van der Waals surface area contributed by atoms with Crippen LogP contribution in [0.15, 0.2) is 45.9 Å². The van der Waals surface area contributed by atoms with E-state index in [4.69, 9.17) is 18.6 Å². The number of esters is 1. The number of furan rings is 1. The third-order valence-electron chi connectivity index (χ3n) is 4.16. The first kappa shape index (κ1) is 24.5. The minimum atomic E-state index is -3.67. The molecule has 8 nitrogen and oxygen atoms in total. The molecule has 0 fully saturated rings. The molecular weight excluding hydrogens is 422 g/mol. The number of sulfonamides is 1. The molecule has 1 aromatic heterocycles. The number of hydrogen-bond acceptors (Lipinski definition) is 7. The van der Waals surface area contributed by atoms with E-state index in [1.807, 2.05) is 13.0 Å². The zero-order chi connectivity index (χ0) is 22.9. The smallest absolute Gasteiger partial charge is 0.331 e. The van der Waals surface area contributed by atoms with Gasteiger partial charge in [-0.25, -0.2) is 17.5 Å². The fourth-order valence-corrected chi connectivity index (χ4v) is 3.26. The lowest BCUT2D eigenvalue weighted by molar-refractivity contribution is -0.139. The van der Waals surface area contributed by atoms with Crippen molar-refractivity contribution in [3.05, 3.63) is 47.7 Å². The first-order valence-electron chi connectivity index (χ1n) is 10.0. The molecule has 2 aromatic rings. The summed E-state index contributed by atoms with van der Waals surface area (Å²) in [6, 6.07) is 8.20. The van der Waals surface area contributed by atoms with Crippen molar-refractivity contribution in [1.82, 2.24) is 4.31 Å². The van der Waals surface area contributed by atoms with Crippen molar-refractivity contribution in [3.8, 4) is 11.5 Å². The van der Waals surface area contributed by atoms with Crippen molar-refractivity contribution in [2.75, 3.05) is 27.3 Å². The standard InChI is InChI=1S/C22H29NO7S/c1-5-7-14-28-19-11-8-17(15-20(19)27-6-2)9-12-21(24)29-16-18-10-13-22(30-18)31(25,26)23(3)4/h8-13,15H,5-7,14,16H2,1-4H3/b12-9+. The molecule has 0 amide bonds. The summed E-state index contributed by atoms with van der Waals surface area (Å²) in [5.74, 6) is 0.916. The Morgan fingerprint density at radius 3 is 2.55 bits per heavy atom. The van der Waals surface area contributed by atoms with Crippen LogP contribution in [0, 0.1) is 0 Å². The molecule has 0 unspecified atom stereocenters. The number of carbonyl (C=O) groups excluding carboxylic acids is 1. The average molecular weight is 452 g/mol. The molecular formula is C22H29NO7S. The number of carbonyl (C=O) groups is 1. The summed E-state index contributed by atoms with van der Waals surface area (Å²) in [5.41, 5.74) is 0.751. The van der Waals surface area contributed by atoms with Gasteiger partial charge in [0.05, 0.1) is 13.2 Å². The van der Waals surface area contributed by atoms with Crippen molar-refractivity contribution < 1.29 is 31.8 Å². The second kappa shape index (κ2) is 11.6. The Hall–Kier alpha value is -2.78. The van der Waals surface area contributed by atoms with Crippen LogP contribution >= 0.6 is 0 Å². The highest BCUT2D eigenvalue weighted by atomic mass is 32.2. The summed E-state index contributed by atoms with van der Waals surface area (Å²) in [6.07, 6.45) is 4.88. The molecule has 1 aromatic carbocycles. The number of ether oxygens (including phenoxy) is 3. The highest BCUT2D eigenvalue weighted by Gasteiger charge is 2.21. The molecule has 9 heteroatoms. The van der Waals surface area contributed by atoms with Crippen LogP contribution in [0.3, 0.4) is 0 Å². The Labute approximate surface area is 183 Å². The SMILES string of the molecule is CCCCOc1ccc(/C=C/C(=O)OCc2ccc(S(=O)(=O)N(C)C)o2)cc1OCC. The van der Waals surface area contributed by atoms with Gasteiger partial charge >= 0.3 is 5.97 Å². The quantitative estimate of drug-likeness (QED) is 0.275. The fourth-order valence-electron chi connectivity index (χ4n) is 2.45. The van der Waals surface area contributed by atoms with Crippen LogP contribution in [-0.4, -0.2) is 46.0 Å². The van der Waals surface area contributed by atoms with E-state index in [0.717, 1.165) is 22.7 Å². The first-order valence-corrected chi connectivity index (χ1v) is 11.5. The van der Waals surface area contributed by atoms with Gasteiger partial charge in [-0.15, -0.1) is 0 Å². The molecule has 0 saturated heterocycles. The van der Waals surface area contributed by atoms with Crippen molar-refractivity contribution in [2.24, 2.45) is 0 Å². The topological polar surface area (TPSA) is 95.3 Å². The molecule has 1 heterocycles. The third-order valence-corrected chi connectivity index (χ3v) is 5.85. The van der Waals surface area contributed by atoms with E-state index in [2.05, 4.69) is 6.92 Å². The Balaban J connectivity index is 1.97. The van der Waals surface area contributed by atoms with E-state index in [1.54, 1.807) is 18.2 Å². The summed E-state index contributed by atoms with van der Waals surface area (Å²) in [5, 5.41) is -0.205. The molecule has 170 valence electrons. The molecule has 0 N–H and O–H groups in total. The van der Waals surface area contributed by atoms with Crippen LogP contribution in [0.2, 0.25) is 0 Å². The van der Waals surface area contributed by atoms with E-state index in [0.29, 0.717) is 24.7 Å². The van der Waals surface area contributed by atoms with E-state index in [9.17, 15) is 13.2 Å². The molecule has 0 aliphatic rings. The summed E-state index contributed by atoms with van der Waals surface area (Å²) in [4.78, 5) is 12.0. The molecule has 2 rings (SSSR count). The lowest BCUT2D eigenvalue weighted by Crippen LogP contribution is -2.21. The van der Waals surface area contributed by atoms with E-state index in [1.165, 1.54) is 32.3 Å². The lowest BCUT2D eigenvalue weighted by Gasteiger charge is -2.12. The molecule has 0 atom stereocenters. The van der Waals surface area contributed by atoms with Crippen molar-refractivity contribution in [1.29, 1.82) is 0 Å². The van der Waals surface area contributed by atoms with Crippen molar-refractivity contribution >= 4 is 22.1 Å². The minimum absolute atomic E-state index is 0.180. The molecule has 31 heavy (non-hydrogen) atoms. The van der Waals surface area contributed by atoms with Gasteiger partial charge in [0.15, 0.2) is 11.5 Å². The molecule has 0 spiro atoms. The Bertz CT molecular complexity index is 993. The van der Waals surface area contributed by atoms with Crippen LogP contribution in [-0.2, 0) is 26.2 Å². The highest BCUT2D eigenvalue weighted by Crippen LogP contribution is 2.29. The molecule has 0 bridgehead atoms. The highest BCUT2D eigenvalue weighted by molar-refractivity contribution is 7.88. The minimum Gasteiger partial charge on any atom is -0.490 e. The summed E-state index contributed by atoms with van der Waals surface area (Å²) < 4.78 is 46.8. The predicted molar refractivity (Wildman–Crippen MR) is 116 cm³/mol. The van der Waals surface area contributed by atoms with E-state index < -0.39 is 16.0 Å². The monoisotopic (exact) mass is 451 g/mol. The number of unbranched alkanes of at least 4 members (excludes halogenated alkanes) is 1. The average Bonchev–Trinajstić information content (AvgIpc) is 3.22. The number of rotatable bonds is 12. The summed E-state index contributed by atoms with van der Waals surface area (Å²) in [6.45, 7) is 4.91. The van der Waals surface area contributed by atoms with E-state index in [-0.39, 0.29) is 17.5 Å². The van der Waals surface area contributed by atoms with Gasteiger partial charge in [0.1, 0.15) is 12.4 Å². The molecule has 0 radical (unpaired) electrons. The number of benzene rings is 1. The maximum Gasteiger partial charge on any atom is 0.331 e. The number of nitrogens with zero attached hydrogens (tertiary/aromatic N) is 1. The fraction of sp³-hybridized carbons (Fsp3) is 0.409. The van der Waals surface area contributed by atoms with Crippen LogP contribution in [0.1, 0.15) is 38.0 Å². The van der Waals surface area contributed by atoms with Crippen LogP contribution < -0.4 is 9.47 Å². The molecule has 0 saturated carbocycles. The maximum absolute atomic E-state index is 12.0. The second-order valence-corrected chi connectivity index (χ2v) is 8.87. The van der Waals surface area contributed by atoms with Crippen LogP contribution in [0.25, 0.3) is 6.08 Å². The van der Waals surface area contributed by atoms with Crippen LogP contribution in [0.5, 0.6) is 11.5 Å². The van der Waals surface area contributed by atoms with Gasteiger partial charge < -0.3 is 18.6 Å². The van der Waals surface area contributed by atoms with Gasteiger partial charge in [-0.3, -0.25) is 0 Å².